The van der Waals surface area contributed by atoms with Gasteiger partial charge in [0.1, 0.15) is 0 Å². The molecule has 1 aliphatic rings. The van der Waals surface area contributed by atoms with Crippen molar-refractivity contribution in [3.05, 3.63) is 24.3 Å². The molecule has 1 saturated carbocycles. The highest BCUT2D eigenvalue weighted by atomic mass is 15.5. The van der Waals surface area contributed by atoms with Crippen molar-refractivity contribution in [3.8, 4) is 11.4 Å². The Kier molecular flexibility index (Phi) is 2.74. The molecule has 94 valence electrons. The van der Waals surface area contributed by atoms with Gasteiger partial charge < -0.3 is 5.73 Å². The van der Waals surface area contributed by atoms with Crippen molar-refractivity contribution in [1.29, 1.82) is 0 Å². The zero-order valence-corrected chi connectivity index (χ0v) is 10.5. The quantitative estimate of drug-likeness (QED) is 0.821. The summed E-state index contributed by atoms with van der Waals surface area (Å²) in [6, 6.07) is 8.14. The number of nitrogens with zero attached hydrogens (tertiary/aromatic N) is 4. The van der Waals surface area contributed by atoms with Crippen molar-refractivity contribution < 1.29 is 0 Å². The van der Waals surface area contributed by atoms with Gasteiger partial charge in [-0.25, -0.2) is 4.68 Å². The summed E-state index contributed by atoms with van der Waals surface area (Å²) in [7, 11) is 0. The van der Waals surface area contributed by atoms with Crippen LogP contribution in [0.2, 0.25) is 0 Å². The molecule has 5 nitrogen and oxygen atoms in total. The maximum atomic E-state index is 6.00. The van der Waals surface area contributed by atoms with Gasteiger partial charge in [-0.1, -0.05) is 19.1 Å². The van der Waals surface area contributed by atoms with E-state index in [0.717, 1.165) is 35.8 Å². The van der Waals surface area contributed by atoms with Crippen molar-refractivity contribution in [3.63, 3.8) is 0 Å². The maximum Gasteiger partial charge on any atom is 0.184 e. The third-order valence-electron chi connectivity index (χ3n) is 3.71. The molecule has 2 N–H and O–H groups in total. The molecular formula is C13H17N5. The molecule has 0 aliphatic heterocycles. The lowest BCUT2D eigenvalue weighted by atomic mass is 10.1. The lowest BCUT2D eigenvalue weighted by Crippen LogP contribution is -2.10. The van der Waals surface area contributed by atoms with E-state index in [4.69, 9.17) is 5.73 Å². The number of hydrogen-bond acceptors (Lipinski definition) is 4. The molecule has 1 aromatic carbocycles. The van der Waals surface area contributed by atoms with Gasteiger partial charge in [-0.05, 0) is 47.7 Å². The molecule has 3 rings (SSSR count). The lowest BCUT2D eigenvalue weighted by Gasteiger charge is -2.12. The minimum absolute atomic E-state index is 0.407. The topological polar surface area (TPSA) is 69.6 Å². The molecule has 1 heterocycles. The van der Waals surface area contributed by atoms with E-state index in [1.54, 1.807) is 0 Å². The molecule has 1 fully saturated rings. The van der Waals surface area contributed by atoms with Crippen LogP contribution in [0.5, 0.6) is 0 Å². The third kappa shape index (κ3) is 1.85. The van der Waals surface area contributed by atoms with Crippen LogP contribution in [0.3, 0.4) is 0 Å². The Bertz CT molecular complexity index is 548. The first-order valence-corrected chi connectivity index (χ1v) is 6.38. The molecule has 1 aromatic heterocycles. The molecule has 18 heavy (non-hydrogen) atoms. The van der Waals surface area contributed by atoms with E-state index in [0.29, 0.717) is 6.04 Å². The third-order valence-corrected chi connectivity index (χ3v) is 3.71. The normalized spacial score (nSPS) is 23.4. The van der Waals surface area contributed by atoms with E-state index in [1.807, 2.05) is 28.9 Å². The second-order valence-electron chi connectivity index (χ2n) is 5.11. The number of aromatic nitrogens is 4. The zero-order chi connectivity index (χ0) is 12.5. The molecule has 0 spiro atoms. The fourth-order valence-electron chi connectivity index (χ4n) is 2.72. The molecule has 0 radical (unpaired) electrons. The minimum Gasteiger partial charge on any atom is -0.398 e. The molecule has 0 saturated heterocycles. The van der Waals surface area contributed by atoms with Gasteiger partial charge in [0.25, 0.3) is 0 Å². The van der Waals surface area contributed by atoms with E-state index in [9.17, 15) is 0 Å². The van der Waals surface area contributed by atoms with E-state index in [-0.39, 0.29) is 0 Å². The Hall–Kier alpha value is -1.91. The number of nitrogens with two attached hydrogens (primary N) is 1. The molecule has 0 amide bonds. The molecule has 5 heteroatoms. The number of benzene rings is 1. The number of para-hydroxylation sites is 1. The maximum absolute atomic E-state index is 6.00. The Morgan fingerprint density at radius 2 is 2.11 bits per heavy atom. The largest absolute Gasteiger partial charge is 0.398 e. The van der Waals surface area contributed by atoms with Crippen LogP contribution < -0.4 is 5.73 Å². The second-order valence-corrected chi connectivity index (χ2v) is 5.11. The first-order chi connectivity index (χ1) is 8.75. The standard InChI is InChI=1S/C13H17N5/c1-9-6-7-10(8-9)18-13(15-16-17-18)11-4-2-3-5-12(11)14/h2-5,9-10H,6-8,14H2,1H3. The summed E-state index contributed by atoms with van der Waals surface area (Å²) < 4.78 is 1.94. The average molecular weight is 243 g/mol. The highest BCUT2D eigenvalue weighted by Crippen LogP contribution is 2.36. The van der Waals surface area contributed by atoms with E-state index in [2.05, 4.69) is 22.4 Å². The smallest absolute Gasteiger partial charge is 0.184 e. The van der Waals surface area contributed by atoms with Crippen LogP contribution in [0.25, 0.3) is 11.4 Å². The molecule has 2 aromatic rings. The van der Waals surface area contributed by atoms with Gasteiger partial charge in [-0.3, -0.25) is 0 Å². The SMILES string of the molecule is CC1CCC(n2nnnc2-c2ccccc2N)C1. The highest BCUT2D eigenvalue weighted by Gasteiger charge is 2.26. The second kappa shape index (κ2) is 4.40. The Morgan fingerprint density at radius 1 is 1.28 bits per heavy atom. The summed E-state index contributed by atoms with van der Waals surface area (Å²) >= 11 is 0. The van der Waals surface area contributed by atoms with Crippen LogP contribution in [0.4, 0.5) is 5.69 Å². The summed E-state index contributed by atoms with van der Waals surface area (Å²) in [4.78, 5) is 0. The van der Waals surface area contributed by atoms with Gasteiger partial charge in [-0.2, -0.15) is 0 Å². The zero-order valence-electron chi connectivity index (χ0n) is 10.5. The van der Waals surface area contributed by atoms with E-state index in [1.165, 1.54) is 6.42 Å². The van der Waals surface area contributed by atoms with Gasteiger partial charge in [0, 0.05) is 11.3 Å². The van der Waals surface area contributed by atoms with Crippen LogP contribution in [0.1, 0.15) is 32.2 Å². The van der Waals surface area contributed by atoms with Gasteiger partial charge in [0.15, 0.2) is 5.82 Å². The predicted octanol–water partition coefficient (Wildman–Crippen LogP) is 2.28. The fraction of sp³-hybridized carbons (Fsp3) is 0.462. The molecule has 2 atom stereocenters. The number of rotatable bonds is 2. The summed E-state index contributed by atoms with van der Waals surface area (Å²) in [5, 5.41) is 12.1. The Labute approximate surface area is 106 Å². The molecular weight excluding hydrogens is 226 g/mol. The average Bonchev–Trinajstić information content (AvgIpc) is 2.98. The van der Waals surface area contributed by atoms with Crippen molar-refractivity contribution in [1.82, 2.24) is 20.2 Å². The van der Waals surface area contributed by atoms with Gasteiger partial charge in [0.05, 0.1) is 6.04 Å². The van der Waals surface area contributed by atoms with Crippen molar-refractivity contribution in [2.45, 2.75) is 32.2 Å². The van der Waals surface area contributed by atoms with Gasteiger partial charge >= 0.3 is 0 Å². The number of hydrogen-bond donors (Lipinski definition) is 1. The van der Waals surface area contributed by atoms with Crippen LogP contribution >= 0.6 is 0 Å². The predicted molar refractivity (Wildman–Crippen MR) is 69.7 cm³/mol. The van der Waals surface area contributed by atoms with Gasteiger partial charge in [0.2, 0.25) is 0 Å². The number of anilines is 1. The van der Waals surface area contributed by atoms with E-state index < -0.39 is 0 Å². The molecule has 1 aliphatic carbocycles. The number of nitrogen functional groups attached to an aromatic ring is 1. The Balaban J connectivity index is 1.99. The first kappa shape index (κ1) is 11.2. The fourth-order valence-corrected chi connectivity index (χ4v) is 2.72. The van der Waals surface area contributed by atoms with Gasteiger partial charge in [-0.15, -0.1) is 5.10 Å². The minimum atomic E-state index is 0.407. The van der Waals surface area contributed by atoms with Crippen LogP contribution in [-0.4, -0.2) is 20.2 Å². The van der Waals surface area contributed by atoms with Crippen LogP contribution in [0, 0.1) is 5.92 Å². The van der Waals surface area contributed by atoms with Crippen molar-refractivity contribution in [2.75, 3.05) is 5.73 Å². The van der Waals surface area contributed by atoms with Crippen LogP contribution in [-0.2, 0) is 0 Å². The summed E-state index contributed by atoms with van der Waals surface area (Å²) in [6.45, 7) is 2.28. The van der Waals surface area contributed by atoms with Crippen molar-refractivity contribution >= 4 is 5.69 Å². The highest BCUT2D eigenvalue weighted by molar-refractivity contribution is 5.71. The number of tetrazole rings is 1. The monoisotopic (exact) mass is 243 g/mol. The summed E-state index contributed by atoms with van der Waals surface area (Å²) in [5.41, 5.74) is 7.64. The Morgan fingerprint density at radius 3 is 2.83 bits per heavy atom. The van der Waals surface area contributed by atoms with Crippen LogP contribution in [0.15, 0.2) is 24.3 Å². The molecule has 0 bridgehead atoms. The van der Waals surface area contributed by atoms with Crippen molar-refractivity contribution in [2.24, 2.45) is 5.92 Å². The molecule has 2 unspecified atom stereocenters. The lowest BCUT2D eigenvalue weighted by molar-refractivity contribution is 0.443. The summed E-state index contributed by atoms with van der Waals surface area (Å²) in [5.74, 6) is 1.53. The summed E-state index contributed by atoms with van der Waals surface area (Å²) in [6.07, 6.45) is 3.53. The first-order valence-electron chi connectivity index (χ1n) is 6.38. The van der Waals surface area contributed by atoms with E-state index >= 15 is 0 Å².